The lowest BCUT2D eigenvalue weighted by Gasteiger charge is -2.21. The van der Waals surface area contributed by atoms with Crippen LogP contribution in [0.4, 0.5) is 8.78 Å². The summed E-state index contributed by atoms with van der Waals surface area (Å²) in [4.78, 5) is 2.95. The van der Waals surface area contributed by atoms with Crippen LogP contribution >= 0.6 is 15.9 Å². The minimum Gasteiger partial charge on any atom is -0.253 e. The normalized spacial score (nSPS) is 13.1. The molecule has 0 spiro atoms. The van der Waals surface area contributed by atoms with E-state index < -0.39 is 32.6 Å². The first-order valence-corrected chi connectivity index (χ1v) is 7.28. The third-order valence-electron chi connectivity index (χ3n) is 1.79. The highest BCUT2D eigenvalue weighted by atomic mass is 79.9. The number of alkyl halides is 2. The molecule has 4 nitrogen and oxygen atoms in total. The minimum absolute atomic E-state index is 0.321. The molecule has 102 valence electrons. The first kappa shape index (κ1) is 15.5. The Bertz CT molecular complexity index is 541. The molecule has 18 heavy (non-hydrogen) atoms. The number of aromatic nitrogens is 1. The van der Waals surface area contributed by atoms with Crippen molar-refractivity contribution >= 4 is 26.0 Å². The van der Waals surface area contributed by atoms with Crippen molar-refractivity contribution < 1.29 is 17.2 Å². The van der Waals surface area contributed by atoms with E-state index in [1.165, 1.54) is 0 Å². The van der Waals surface area contributed by atoms with Gasteiger partial charge in [0.05, 0.1) is 0 Å². The van der Waals surface area contributed by atoms with Crippen LogP contribution in [0.2, 0.25) is 0 Å². The van der Waals surface area contributed by atoms with Crippen LogP contribution in [0.5, 0.6) is 0 Å². The van der Waals surface area contributed by atoms with Crippen LogP contribution < -0.4 is 4.72 Å². The van der Waals surface area contributed by atoms with Crippen molar-refractivity contribution in [2.75, 3.05) is 0 Å². The largest absolute Gasteiger partial charge is 0.281 e. The second-order valence-corrected chi connectivity index (χ2v) is 7.26. The SMILES string of the molecule is CC(C)(C)NS(=O)(=O)c1cc(Br)cnc1C(F)F. The number of nitrogens with zero attached hydrogens (tertiary/aromatic N) is 1. The topological polar surface area (TPSA) is 59.1 Å². The molecular weight excluding hydrogens is 330 g/mol. The van der Waals surface area contributed by atoms with E-state index in [1.807, 2.05) is 0 Å². The summed E-state index contributed by atoms with van der Waals surface area (Å²) in [6.45, 7) is 4.87. The zero-order valence-electron chi connectivity index (χ0n) is 10.0. The van der Waals surface area contributed by atoms with Crippen molar-refractivity contribution in [3.05, 3.63) is 22.4 Å². The molecule has 0 aliphatic carbocycles. The van der Waals surface area contributed by atoms with E-state index in [4.69, 9.17) is 0 Å². The van der Waals surface area contributed by atoms with E-state index in [0.717, 1.165) is 12.3 Å². The third kappa shape index (κ3) is 3.96. The molecule has 0 atom stereocenters. The van der Waals surface area contributed by atoms with E-state index in [0.29, 0.717) is 4.47 Å². The molecule has 0 saturated heterocycles. The van der Waals surface area contributed by atoms with E-state index in [9.17, 15) is 17.2 Å². The molecule has 0 amide bonds. The Kier molecular flexibility index (Phi) is 4.45. The Hall–Kier alpha value is -0.600. The summed E-state index contributed by atoms with van der Waals surface area (Å²) in [5, 5.41) is 0. The molecule has 0 bridgehead atoms. The highest BCUT2D eigenvalue weighted by Gasteiger charge is 2.28. The Labute approximate surface area is 113 Å². The van der Waals surface area contributed by atoms with Crippen molar-refractivity contribution in [1.82, 2.24) is 9.71 Å². The predicted octanol–water partition coefficient (Wildman–Crippen LogP) is 2.86. The lowest BCUT2D eigenvalue weighted by Crippen LogP contribution is -2.40. The van der Waals surface area contributed by atoms with Crippen LogP contribution in [0.1, 0.15) is 32.9 Å². The molecule has 1 heterocycles. The van der Waals surface area contributed by atoms with Gasteiger partial charge in [-0.05, 0) is 42.8 Å². The fourth-order valence-corrected chi connectivity index (χ4v) is 3.37. The van der Waals surface area contributed by atoms with Gasteiger partial charge in [-0.3, -0.25) is 4.98 Å². The smallest absolute Gasteiger partial charge is 0.253 e. The van der Waals surface area contributed by atoms with Gasteiger partial charge >= 0.3 is 0 Å². The van der Waals surface area contributed by atoms with Crippen LogP contribution in [0, 0.1) is 0 Å². The summed E-state index contributed by atoms with van der Waals surface area (Å²) in [6, 6.07) is 1.11. The first-order chi connectivity index (χ1) is 8.03. The Morgan fingerprint density at radius 2 is 1.94 bits per heavy atom. The van der Waals surface area contributed by atoms with Crippen molar-refractivity contribution in [2.45, 2.75) is 37.6 Å². The van der Waals surface area contributed by atoms with Gasteiger partial charge in [0.1, 0.15) is 10.6 Å². The highest BCUT2D eigenvalue weighted by molar-refractivity contribution is 9.10. The fraction of sp³-hybridized carbons (Fsp3) is 0.500. The van der Waals surface area contributed by atoms with Gasteiger partial charge in [-0.2, -0.15) is 0 Å². The highest BCUT2D eigenvalue weighted by Crippen LogP contribution is 2.27. The summed E-state index contributed by atoms with van der Waals surface area (Å²) in [5.41, 5.74) is -1.52. The number of pyridine rings is 1. The quantitative estimate of drug-likeness (QED) is 0.918. The minimum atomic E-state index is -4.04. The second-order valence-electron chi connectivity index (χ2n) is 4.69. The lowest BCUT2D eigenvalue weighted by atomic mass is 10.1. The molecule has 1 aromatic heterocycles. The van der Waals surface area contributed by atoms with Crippen LogP contribution in [-0.2, 0) is 10.0 Å². The molecule has 0 unspecified atom stereocenters. The molecule has 0 fully saturated rings. The molecule has 0 aliphatic heterocycles. The second kappa shape index (κ2) is 5.18. The maximum atomic E-state index is 12.8. The number of sulfonamides is 1. The Morgan fingerprint density at radius 1 is 1.39 bits per heavy atom. The summed E-state index contributed by atoms with van der Waals surface area (Å²) in [7, 11) is -4.04. The molecule has 1 rings (SSSR count). The average molecular weight is 343 g/mol. The van der Waals surface area contributed by atoms with Gasteiger partial charge in [0, 0.05) is 16.2 Å². The Morgan fingerprint density at radius 3 is 2.39 bits per heavy atom. The molecule has 1 N–H and O–H groups in total. The van der Waals surface area contributed by atoms with Gasteiger partial charge in [0.25, 0.3) is 6.43 Å². The van der Waals surface area contributed by atoms with Crippen molar-refractivity contribution in [2.24, 2.45) is 0 Å². The number of rotatable bonds is 3. The van der Waals surface area contributed by atoms with Gasteiger partial charge in [0.2, 0.25) is 10.0 Å². The molecular formula is C10H13BrF2N2O2S. The van der Waals surface area contributed by atoms with E-state index in [1.54, 1.807) is 20.8 Å². The zero-order valence-corrected chi connectivity index (χ0v) is 12.4. The van der Waals surface area contributed by atoms with E-state index in [-0.39, 0.29) is 0 Å². The summed E-state index contributed by atoms with van der Waals surface area (Å²) >= 11 is 3.02. The Balaban J connectivity index is 3.35. The number of hydrogen-bond donors (Lipinski definition) is 1. The van der Waals surface area contributed by atoms with Crippen LogP contribution in [0.15, 0.2) is 21.6 Å². The lowest BCUT2D eigenvalue weighted by molar-refractivity contribution is 0.142. The summed E-state index contributed by atoms with van der Waals surface area (Å²) < 4.78 is 52.2. The molecule has 0 aliphatic rings. The maximum absolute atomic E-state index is 12.8. The molecule has 1 aromatic rings. The van der Waals surface area contributed by atoms with Gasteiger partial charge in [0.15, 0.2) is 0 Å². The molecule has 8 heteroatoms. The monoisotopic (exact) mass is 342 g/mol. The first-order valence-electron chi connectivity index (χ1n) is 5.00. The number of nitrogens with one attached hydrogen (secondary N) is 1. The maximum Gasteiger partial charge on any atom is 0.281 e. The van der Waals surface area contributed by atoms with E-state index >= 15 is 0 Å². The van der Waals surface area contributed by atoms with Crippen LogP contribution in [0.3, 0.4) is 0 Å². The molecule has 0 radical (unpaired) electrons. The van der Waals surface area contributed by atoms with Gasteiger partial charge in [-0.15, -0.1) is 0 Å². The number of halogens is 3. The number of hydrogen-bond acceptors (Lipinski definition) is 3. The van der Waals surface area contributed by atoms with Crippen LogP contribution in [0.25, 0.3) is 0 Å². The fourth-order valence-electron chi connectivity index (χ4n) is 1.27. The zero-order chi connectivity index (χ0) is 14.1. The molecule has 0 saturated carbocycles. The van der Waals surface area contributed by atoms with E-state index in [2.05, 4.69) is 25.6 Å². The van der Waals surface area contributed by atoms with Crippen molar-refractivity contribution in [3.8, 4) is 0 Å². The van der Waals surface area contributed by atoms with Crippen LogP contribution in [-0.4, -0.2) is 18.9 Å². The summed E-state index contributed by atoms with van der Waals surface area (Å²) in [5.74, 6) is 0. The van der Waals surface area contributed by atoms with Crippen molar-refractivity contribution in [3.63, 3.8) is 0 Å². The molecule has 0 aromatic carbocycles. The third-order valence-corrected chi connectivity index (χ3v) is 4.01. The average Bonchev–Trinajstić information content (AvgIpc) is 2.13. The summed E-state index contributed by atoms with van der Waals surface area (Å²) in [6.07, 6.45) is -1.82. The van der Waals surface area contributed by atoms with Gasteiger partial charge in [-0.25, -0.2) is 21.9 Å². The standard InChI is InChI=1S/C10H13BrF2N2O2S/c1-10(2,3)15-18(16,17)7-4-6(11)5-14-8(7)9(12)13/h4-5,9,15H,1-3H3. The van der Waals surface area contributed by atoms with Crippen molar-refractivity contribution in [1.29, 1.82) is 0 Å². The predicted molar refractivity (Wildman–Crippen MR) is 67.0 cm³/mol. The van der Waals surface area contributed by atoms with Gasteiger partial charge in [-0.1, -0.05) is 0 Å². The van der Waals surface area contributed by atoms with Gasteiger partial charge < -0.3 is 0 Å².